The fourth-order valence-electron chi connectivity index (χ4n) is 5.27. The maximum absolute atomic E-state index is 12.9. The van der Waals surface area contributed by atoms with Crippen LogP contribution in [0.25, 0.3) is 21.6 Å². The Morgan fingerprint density at radius 3 is 2.79 bits per heavy atom. The van der Waals surface area contributed by atoms with Gasteiger partial charge in [-0.1, -0.05) is 6.08 Å². The van der Waals surface area contributed by atoms with Gasteiger partial charge in [0.2, 0.25) is 5.91 Å². The van der Waals surface area contributed by atoms with E-state index in [1.165, 1.54) is 12.8 Å². The summed E-state index contributed by atoms with van der Waals surface area (Å²) in [6.07, 6.45) is 4.45. The molecule has 3 aliphatic rings. The average Bonchev–Trinajstić information content (AvgIpc) is 3.77. The van der Waals surface area contributed by atoms with Gasteiger partial charge in [-0.3, -0.25) is 4.79 Å². The molecule has 0 spiro atoms. The minimum Gasteiger partial charge on any atom is -0.496 e. The van der Waals surface area contributed by atoms with Crippen molar-refractivity contribution >= 4 is 34.1 Å². The molecule has 2 saturated carbocycles. The molecule has 1 aromatic carbocycles. The first kappa shape index (κ1) is 24.8. The van der Waals surface area contributed by atoms with E-state index >= 15 is 0 Å². The first-order valence-corrected chi connectivity index (χ1v) is 13.7. The molecule has 9 nitrogen and oxygen atoms in total. The van der Waals surface area contributed by atoms with Crippen molar-refractivity contribution in [3.05, 3.63) is 47.5 Å². The number of thiazole rings is 1. The van der Waals surface area contributed by atoms with E-state index < -0.39 is 17.6 Å². The van der Waals surface area contributed by atoms with Crippen molar-refractivity contribution < 1.29 is 24.2 Å². The molecule has 6 rings (SSSR count). The molecular formula is C28H30N4O5S. The Morgan fingerprint density at radius 1 is 1.29 bits per heavy atom. The zero-order valence-electron chi connectivity index (χ0n) is 21.3. The van der Waals surface area contributed by atoms with Crippen LogP contribution < -0.4 is 20.1 Å². The Kier molecular flexibility index (Phi) is 6.11. The van der Waals surface area contributed by atoms with Gasteiger partial charge in [0.15, 0.2) is 0 Å². The molecule has 1 saturated heterocycles. The smallest absolute Gasteiger partial charge is 0.330 e. The van der Waals surface area contributed by atoms with Gasteiger partial charge in [0.1, 0.15) is 33.8 Å². The van der Waals surface area contributed by atoms with Crippen LogP contribution in [0, 0.1) is 12.8 Å². The van der Waals surface area contributed by atoms with E-state index in [1.807, 2.05) is 25.1 Å². The van der Waals surface area contributed by atoms with E-state index in [-0.39, 0.29) is 17.9 Å². The lowest BCUT2D eigenvalue weighted by Crippen LogP contribution is -2.51. The van der Waals surface area contributed by atoms with E-state index in [2.05, 4.69) is 22.6 Å². The number of aromatic nitrogens is 2. The van der Waals surface area contributed by atoms with Gasteiger partial charge < -0.3 is 25.2 Å². The van der Waals surface area contributed by atoms with E-state index in [1.54, 1.807) is 24.5 Å². The van der Waals surface area contributed by atoms with Crippen LogP contribution in [0.2, 0.25) is 0 Å². The number of benzene rings is 1. The molecule has 0 bridgehead atoms. The summed E-state index contributed by atoms with van der Waals surface area (Å²) in [4.78, 5) is 34.5. The van der Waals surface area contributed by atoms with E-state index in [0.717, 1.165) is 38.6 Å². The lowest BCUT2D eigenvalue weighted by atomic mass is 10.1. The van der Waals surface area contributed by atoms with Crippen molar-refractivity contribution in [2.45, 2.75) is 56.2 Å². The molecule has 1 amide bonds. The Hall–Kier alpha value is -3.50. The van der Waals surface area contributed by atoms with E-state index in [4.69, 9.17) is 19.4 Å². The lowest BCUT2D eigenvalue weighted by molar-refractivity contribution is -0.143. The summed E-state index contributed by atoms with van der Waals surface area (Å²) in [6, 6.07) is 5.23. The highest BCUT2D eigenvalue weighted by Crippen LogP contribution is 2.45. The summed E-state index contributed by atoms with van der Waals surface area (Å²) < 4.78 is 12.0. The van der Waals surface area contributed by atoms with Gasteiger partial charge in [-0.15, -0.1) is 17.9 Å². The third-order valence-electron chi connectivity index (χ3n) is 7.83. The predicted molar refractivity (Wildman–Crippen MR) is 144 cm³/mol. The third-order valence-corrected chi connectivity index (χ3v) is 8.71. The van der Waals surface area contributed by atoms with Gasteiger partial charge in [-0.2, -0.15) is 0 Å². The molecule has 3 fully saturated rings. The molecule has 3 N–H and O–H groups in total. The number of carbonyl (C=O) groups is 2. The van der Waals surface area contributed by atoms with Crippen molar-refractivity contribution in [2.24, 2.45) is 5.92 Å². The fraction of sp³-hybridized carbons (Fsp3) is 0.429. The number of fused-ring (bicyclic) bond motifs is 1. The number of nitrogens with one attached hydrogen (secondary N) is 2. The summed E-state index contributed by atoms with van der Waals surface area (Å²) in [6.45, 7) is 6.12. The number of hydrogen-bond acceptors (Lipinski definition) is 8. The Bertz CT molecular complexity index is 1450. The highest BCUT2D eigenvalue weighted by atomic mass is 32.1. The maximum atomic E-state index is 12.9. The summed E-state index contributed by atoms with van der Waals surface area (Å²) in [5, 5.41) is 19.4. The van der Waals surface area contributed by atoms with Crippen LogP contribution in [-0.2, 0) is 9.59 Å². The molecule has 0 unspecified atom stereocenters. The number of rotatable bonds is 9. The topological polar surface area (TPSA) is 123 Å². The highest BCUT2D eigenvalue weighted by Gasteiger charge is 2.60. The largest absolute Gasteiger partial charge is 0.496 e. The predicted octanol–water partition coefficient (Wildman–Crippen LogP) is 3.81. The zero-order chi connectivity index (χ0) is 26.6. The Labute approximate surface area is 224 Å². The van der Waals surface area contributed by atoms with Gasteiger partial charge >= 0.3 is 5.97 Å². The van der Waals surface area contributed by atoms with Crippen LogP contribution in [0.3, 0.4) is 0 Å². The zero-order valence-corrected chi connectivity index (χ0v) is 22.1. The molecule has 1 aliphatic heterocycles. The molecule has 3 aromatic rings. The molecule has 2 aliphatic carbocycles. The maximum Gasteiger partial charge on any atom is 0.330 e. The van der Waals surface area contributed by atoms with Crippen molar-refractivity contribution in [3.63, 3.8) is 0 Å². The molecule has 4 atom stereocenters. The summed E-state index contributed by atoms with van der Waals surface area (Å²) in [5.74, 6) is 0.348. The number of methoxy groups -OCH3 is 1. The number of amides is 1. The molecule has 3 heterocycles. The molecule has 10 heteroatoms. The number of aliphatic carboxylic acids is 1. The lowest BCUT2D eigenvalue weighted by Gasteiger charge is -2.18. The SMILES string of the molecule is C=C[C@@H]1C[C@]1(NC(=O)[C@H]1C[C@@H](Oc2cc(-c3nc(C4CC4)cs3)nc3c(C)c(OC)ccc23)CN1)C(=O)O. The molecular weight excluding hydrogens is 504 g/mol. The van der Waals surface area contributed by atoms with Crippen LogP contribution in [-0.4, -0.2) is 58.3 Å². The van der Waals surface area contributed by atoms with Crippen LogP contribution in [0.1, 0.15) is 42.9 Å². The number of carboxylic acid groups (broad SMARTS) is 1. The minimum absolute atomic E-state index is 0.259. The van der Waals surface area contributed by atoms with Crippen molar-refractivity contribution in [2.75, 3.05) is 13.7 Å². The average molecular weight is 535 g/mol. The normalized spacial score (nSPS) is 26.2. The number of aryl methyl sites for hydroxylation is 1. The number of carbonyl (C=O) groups excluding carboxylic acids is 1. The highest BCUT2D eigenvalue weighted by molar-refractivity contribution is 7.13. The summed E-state index contributed by atoms with van der Waals surface area (Å²) in [7, 11) is 1.64. The van der Waals surface area contributed by atoms with Gasteiger partial charge in [-0.25, -0.2) is 14.8 Å². The van der Waals surface area contributed by atoms with Gasteiger partial charge in [0, 0.05) is 47.2 Å². The summed E-state index contributed by atoms with van der Waals surface area (Å²) in [5.41, 5.74) is 2.32. The standard InChI is InChI=1S/C28H30N4O5S/c1-4-16-11-28(16,27(34)35)32-25(33)19-9-17(12-29-19)37-23-10-20(26-31-21(13-38-26)15-5-6-15)30-24-14(2)22(36-3)8-7-18(23)24/h4,7-8,10,13,15-17,19,29H,1,5-6,9,11-12H2,2-3H3,(H,32,33)(H,34,35)/t16-,17-,19-,28-/m1/s1. The number of ether oxygens (including phenoxy) is 2. The van der Waals surface area contributed by atoms with E-state index in [0.29, 0.717) is 31.1 Å². The van der Waals surface area contributed by atoms with Crippen molar-refractivity contribution in [1.82, 2.24) is 20.6 Å². The quantitative estimate of drug-likeness (QED) is 0.354. The van der Waals surface area contributed by atoms with Crippen LogP contribution in [0.4, 0.5) is 0 Å². The van der Waals surface area contributed by atoms with Crippen molar-refractivity contribution in [3.8, 4) is 22.2 Å². The number of hydrogen-bond donors (Lipinski definition) is 3. The van der Waals surface area contributed by atoms with Crippen LogP contribution in [0.15, 0.2) is 36.2 Å². The number of carboxylic acids is 1. The fourth-order valence-corrected chi connectivity index (χ4v) is 6.13. The second-order valence-corrected chi connectivity index (χ2v) is 11.3. The first-order chi connectivity index (χ1) is 18.3. The number of pyridine rings is 1. The molecule has 38 heavy (non-hydrogen) atoms. The van der Waals surface area contributed by atoms with Crippen LogP contribution in [0.5, 0.6) is 11.5 Å². The van der Waals surface area contributed by atoms with Gasteiger partial charge in [-0.05, 0) is 38.3 Å². The van der Waals surface area contributed by atoms with E-state index in [9.17, 15) is 14.7 Å². The monoisotopic (exact) mass is 534 g/mol. The summed E-state index contributed by atoms with van der Waals surface area (Å²) >= 11 is 1.59. The second kappa shape index (κ2) is 9.36. The Balaban J connectivity index is 1.25. The molecule has 0 radical (unpaired) electrons. The van der Waals surface area contributed by atoms with Crippen LogP contribution >= 0.6 is 11.3 Å². The first-order valence-electron chi connectivity index (χ1n) is 12.8. The van der Waals surface area contributed by atoms with Gasteiger partial charge in [0.25, 0.3) is 0 Å². The second-order valence-electron chi connectivity index (χ2n) is 10.4. The van der Waals surface area contributed by atoms with Gasteiger partial charge in [0.05, 0.1) is 24.4 Å². The number of nitrogens with zero attached hydrogens (tertiary/aromatic N) is 2. The Morgan fingerprint density at radius 2 is 2.11 bits per heavy atom. The molecule has 198 valence electrons. The third kappa shape index (κ3) is 4.31. The van der Waals surface area contributed by atoms with Crippen molar-refractivity contribution in [1.29, 1.82) is 0 Å². The minimum atomic E-state index is -1.25. The molecule has 2 aromatic heterocycles.